The van der Waals surface area contributed by atoms with Crippen LogP contribution in [0.2, 0.25) is 0 Å². The first kappa shape index (κ1) is 30.6. The standard InChI is InChI=1S/C22H21N5O3.C10H8N2O3/c1-14-7-8-17(29-20-11-16(12-23)9-10-24-20)13-27(14)22(28)19-6-4-3-5-18(19)21-25-15(2)30-26-21;1-6-11-9(12-15-6)7-4-2-3-5-8(7)10(13)14/h3-6,9-11,14,17H,7-8,13H2,1-2H3;2-5H,1H3,(H,13,14)/t14-,17-;/m1./s1. The van der Waals surface area contributed by atoms with Gasteiger partial charge in [0.2, 0.25) is 29.3 Å². The molecule has 0 radical (unpaired) electrons. The Balaban J connectivity index is 0.000000223. The molecule has 228 valence electrons. The van der Waals surface area contributed by atoms with Gasteiger partial charge < -0.3 is 23.8 Å². The minimum absolute atomic E-state index is 0.0656. The number of aromatic nitrogens is 5. The van der Waals surface area contributed by atoms with E-state index < -0.39 is 5.97 Å². The lowest BCUT2D eigenvalue weighted by Gasteiger charge is -2.38. The highest BCUT2D eigenvalue weighted by Crippen LogP contribution is 2.27. The van der Waals surface area contributed by atoms with E-state index in [9.17, 15) is 9.59 Å². The lowest BCUT2D eigenvalue weighted by Crippen LogP contribution is -2.49. The Bertz CT molecular complexity index is 1860. The van der Waals surface area contributed by atoms with Crippen LogP contribution in [0.15, 0.2) is 75.9 Å². The van der Waals surface area contributed by atoms with E-state index in [0.29, 0.717) is 58.1 Å². The van der Waals surface area contributed by atoms with Crippen LogP contribution < -0.4 is 4.74 Å². The number of nitrogens with zero attached hydrogens (tertiary/aromatic N) is 7. The summed E-state index contributed by atoms with van der Waals surface area (Å²) in [6.07, 6.45) is 2.95. The molecule has 1 aliphatic rings. The average Bonchev–Trinajstić information content (AvgIpc) is 3.70. The van der Waals surface area contributed by atoms with Crippen LogP contribution in [-0.4, -0.2) is 65.8 Å². The second kappa shape index (κ2) is 13.6. The molecule has 4 heterocycles. The van der Waals surface area contributed by atoms with Crippen LogP contribution in [0.25, 0.3) is 22.8 Å². The number of hydrogen-bond donors (Lipinski definition) is 1. The first-order valence-electron chi connectivity index (χ1n) is 14.1. The number of rotatable bonds is 6. The molecule has 6 rings (SSSR count). The molecule has 0 bridgehead atoms. The highest BCUT2D eigenvalue weighted by atomic mass is 16.5. The molecule has 2 aromatic carbocycles. The molecule has 5 aromatic rings. The van der Waals surface area contributed by atoms with Gasteiger partial charge in [0.15, 0.2) is 0 Å². The molecule has 1 N–H and O–H groups in total. The second-order valence-electron chi connectivity index (χ2n) is 10.3. The number of amides is 1. The Morgan fingerprint density at radius 2 is 1.53 bits per heavy atom. The van der Waals surface area contributed by atoms with E-state index in [1.165, 1.54) is 6.07 Å². The minimum atomic E-state index is -1.01. The highest BCUT2D eigenvalue weighted by molar-refractivity contribution is 6.00. The number of carbonyl (C=O) groups is 2. The molecular weight excluding hydrogens is 578 g/mol. The number of aryl methyl sites for hydroxylation is 2. The Labute approximate surface area is 258 Å². The summed E-state index contributed by atoms with van der Waals surface area (Å²) in [5.74, 6) is 0.825. The molecule has 1 saturated heterocycles. The SMILES string of the molecule is Cc1nc(-c2ccccc2C(=O)N2C[C@H](Oc3cc(C#N)ccn3)CC[C@H]2C)no1.Cc1nc(-c2ccccc2C(=O)O)no1. The summed E-state index contributed by atoms with van der Waals surface area (Å²) < 4.78 is 15.9. The number of nitriles is 1. The van der Waals surface area contributed by atoms with Crippen LogP contribution in [0, 0.1) is 25.2 Å². The molecule has 13 nitrogen and oxygen atoms in total. The maximum atomic E-state index is 13.4. The number of ether oxygens (including phenoxy) is 1. The number of likely N-dealkylation sites (tertiary alicyclic amines) is 1. The van der Waals surface area contributed by atoms with Crippen molar-refractivity contribution in [3.8, 4) is 34.7 Å². The number of piperidine rings is 1. The summed E-state index contributed by atoms with van der Waals surface area (Å²) >= 11 is 0. The highest BCUT2D eigenvalue weighted by Gasteiger charge is 2.32. The number of hydrogen-bond acceptors (Lipinski definition) is 11. The van der Waals surface area contributed by atoms with Crippen LogP contribution in [0.1, 0.15) is 57.8 Å². The Morgan fingerprint density at radius 3 is 2.11 bits per heavy atom. The summed E-state index contributed by atoms with van der Waals surface area (Å²) in [4.78, 5) is 38.6. The van der Waals surface area contributed by atoms with Gasteiger partial charge in [-0.3, -0.25) is 4.79 Å². The van der Waals surface area contributed by atoms with E-state index in [-0.39, 0.29) is 23.6 Å². The third-order valence-corrected chi connectivity index (χ3v) is 7.10. The van der Waals surface area contributed by atoms with Crippen LogP contribution in [-0.2, 0) is 0 Å². The first-order chi connectivity index (χ1) is 21.7. The fourth-order valence-corrected chi connectivity index (χ4v) is 4.87. The van der Waals surface area contributed by atoms with Crippen molar-refractivity contribution in [2.75, 3.05) is 6.54 Å². The molecule has 13 heteroatoms. The number of carbonyl (C=O) groups excluding carboxylic acids is 1. The number of carboxylic acid groups (broad SMARTS) is 1. The maximum Gasteiger partial charge on any atom is 0.336 e. The van der Waals surface area contributed by atoms with Gasteiger partial charge >= 0.3 is 5.97 Å². The molecule has 2 atom stereocenters. The van der Waals surface area contributed by atoms with Crippen LogP contribution in [0.5, 0.6) is 5.88 Å². The van der Waals surface area contributed by atoms with Crippen molar-refractivity contribution in [1.29, 1.82) is 5.26 Å². The lowest BCUT2D eigenvalue weighted by atomic mass is 9.98. The molecule has 0 unspecified atom stereocenters. The fourth-order valence-electron chi connectivity index (χ4n) is 4.87. The van der Waals surface area contributed by atoms with Crippen molar-refractivity contribution in [2.45, 2.75) is 45.8 Å². The van der Waals surface area contributed by atoms with E-state index in [4.69, 9.17) is 24.2 Å². The fraction of sp³-hybridized carbons (Fsp3) is 0.250. The Kier molecular flexibility index (Phi) is 9.23. The van der Waals surface area contributed by atoms with Crippen LogP contribution in [0.4, 0.5) is 0 Å². The van der Waals surface area contributed by atoms with Gasteiger partial charge in [0.25, 0.3) is 5.91 Å². The normalized spacial score (nSPS) is 15.8. The predicted molar refractivity (Wildman–Crippen MR) is 159 cm³/mol. The summed E-state index contributed by atoms with van der Waals surface area (Å²) in [6.45, 7) is 5.83. The molecular formula is C32H29N7O6. The van der Waals surface area contributed by atoms with Gasteiger partial charge in [-0.2, -0.15) is 15.2 Å². The Morgan fingerprint density at radius 1 is 0.933 bits per heavy atom. The van der Waals surface area contributed by atoms with E-state index in [1.54, 1.807) is 56.4 Å². The summed E-state index contributed by atoms with van der Waals surface area (Å²) in [6, 6.07) is 19.2. The zero-order valence-corrected chi connectivity index (χ0v) is 24.7. The number of pyridine rings is 1. The Hall–Kier alpha value is -5.90. The smallest absolute Gasteiger partial charge is 0.336 e. The van der Waals surface area contributed by atoms with Crippen molar-refractivity contribution in [3.63, 3.8) is 0 Å². The van der Waals surface area contributed by atoms with E-state index in [2.05, 4.69) is 31.3 Å². The summed E-state index contributed by atoms with van der Waals surface area (Å²) in [5, 5.41) is 25.7. The van der Waals surface area contributed by atoms with Gasteiger partial charge in [0.05, 0.1) is 29.3 Å². The zero-order chi connectivity index (χ0) is 31.9. The molecule has 3 aromatic heterocycles. The van der Waals surface area contributed by atoms with Gasteiger partial charge in [-0.15, -0.1) is 0 Å². The number of carboxylic acids is 1. The summed E-state index contributed by atoms with van der Waals surface area (Å²) in [7, 11) is 0. The van der Waals surface area contributed by atoms with Crippen molar-refractivity contribution >= 4 is 11.9 Å². The third kappa shape index (κ3) is 7.19. The van der Waals surface area contributed by atoms with Crippen molar-refractivity contribution < 1.29 is 28.5 Å². The molecule has 0 spiro atoms. The van der Waals surface area contributed by atoms with Gasteiger partial charge in [0, 0.05) is 43.3 Å². The minimum Gasteiger partial charge on any atom is -0.478 e. The predicted octanol–water partition coefficient (Wildman–Crippen LogP) is 5.13. The first-order valence-corrected chi connectivity index (χ1v) is 14.1. The third-order valence-electron chi connectivity index (χ3n) is 7.10. The van der Waals surface area contributed by atoms with Gasteiger partial charge in [-0.1, -0.05) is 46.7 Å². The topological polar surface area (TPSA) is 181 Å². The molecule has 45 heavy (non-hydrogen) atoms. The van der Waals surface area contributed by atoms with Crippen molar-refractivity contribution in [1.82, 2.24) is 30.2 Å². The molecule has 0 aliphatic carbocycles. The van der Waals surface area contributed by atoms with E-state index in [0.717, 1.165) is 12.8 Å². The van der Waals surface area contributed by atoms with Crippen LogP contribution >= 0.6 is 0 Å². The van der Waals surface area contributed by atoms with Gasteiger partial charge in [-0.25, -0.2) is 9.78 Å². The van der Waals surface area contributed by atoms with E-state index in [1.807, 2.05) is 30.0 Å². The lowest BCUT2D eigenvalue weighted by molar-refractivity contribution is 0.0373. The van der Waals surface area contributed by atoms with E-state index >= 15 is 0 Å². The molecule has 0 saturated carbocycles. The number of aromatic carboxylic acids is 1. The van der Waals surface area contributed by atoms with Crippen LogP contribution in [0.3, 0.4) is 0 Å². The largest absolute Gasteiger partial charge is 0.478 e. The molecule has 1 aliphatic heterocycles. The monoisotopic (exact) mass is 607 g/mol. The molecule has 1 fully saturated rings. The van der Waals surface area contributed by atoms with Crippen molar-refractivity contribution in [2.24, 2.45) is 0 Å². The van der Waals surface area contributed by atoms with Gasteiger partial charge in [-0.05, 0) is 38.0 Å². The van der Waals surface area contributed by atoms with Gasteiger partial charge in [0.1, 0.15) is 6.10 Å². The quantitative estimate of drug-likeness (QED) is 0.269. The average molecular weight is 608 g/mol. The molecule has 1 amide bonds. The number of benzene rings is 2. The maximum absolute atomic E-state index is 13.4. The second-order valence-corrected chi connectivity index (χ2v) is 10.3. The summed E-state index contributed by atoms with van der Waals surface area (Å²) in [5.41, 5.74) is 2.27. The van der Waals surface area contributed by atoms with Crippen molar-refractivity contribution in [3.05, 3.63) is 95.3 Å². The zero-order valence-electron chi connectivity index (χ0n) is 24.7.